The predicted octanol–water partition coefficient (Wildman–Crippen LogP) is 5.08. The summed E-state index contributed by atoms with van der Waals surface area (Å²) in [6.45, 7) is 5.35. The van der Waals surface area contributed by atoms with Gasteiger partial charge in [0.15, 0.2) is 0 Å². The Morgan fingerprint density at radius 3 is 2.49 bits per heavy atom. The van der Waals surface area contributed by atoms with Crippen LogP contribution < -0.4 is 5.32 Å². The lowest BCUT2D eigenvalue weighted by atomic mass is 10.2. The first-order valence-electron chi connectivity index (χ1n) is 11.4. The molecule has 1 saturated heterocycles. The minimum atomic E-state index is -0.612. The third-order valence-corrected chi connectivity index (χ3v) is 6.58. The molecule has 3 amide bonds. The SMILES string of the molecule is CCOC(=O)c1ccc(-n2c(C)cc(/C=C3/SC(=O)N(CC(=O)Nc4cccc(F)c4)C3=O)c2C)cc1. The summed E-state index contributed by atoms with van der Waals surface area (Å²) in [5.74, 6) is -2.10. The smallest absolute Gasteiger partial charge is 0.338 e. The molecule has 10 heteroatoms. The number of halogens is 1. The second kappa shape index (κ2) is 10.8. The number of hydrogen-bond donors (Lipinski definition) is 1. The van der Waals surface area contributed by atoms with Crippen molar-refractivity contribution in [2.45, 2.75) is 20.8 Å². The van der Waals surface area contributed by atoms with Crippen LogP contribution >= 0.6 is 11.8 Å². The van der Waals surface area contributed by atoms with Crippen molar-refractivity contribution < 1.29 is 28.3 Å². The Balaban J connectivity index is 1.51. The topological polar surface area (TPSA) is 97.7 Å². The molecular formula is C27H24FN3O5S. The first kappa shape index (κ1) is 25.9. The van der Waals surface area contributed by atoms with Crippen LogP contribution in [-0.4, -0.2) is 45.6 Å². The summed E-state index contributed by atoms with van der Waals surface area (Å²) in [7, 11) is 0. The van der Waals surface area contributed by atoms with Crippen molar-refractivity contribution in [3.05, 3.63) is 87.8 Å². The van der Waals surface area contributed by atoms with Gasteiger partial charge in [0, 0.05) is 22.8 Å². The van der Waals surface area contributed by atoms with Gasteiger partial charge in [-0.3, -0.25) is 19.3 Å². The molecule has 1 aliphatic heterocycles. The number of anilines is 1. The number of imide groups is 1. The van der Waals surface area contributed by atoms with Crippen molar-refractivity contribution in [3.63, 3.8) is 0 Å². The highest BCUT2D eigenvalue weighted by atomic mass is 32.2. The zero-order valence-corrected chi connectivity index (χ0v) is 21.2. The van der Waals surface area contributed by atoms with Crippen molar-refractivity contribution in [2.24, 2.45) is 0 Å². The van der Waals surface area contributed by atoms with Gasteiger partial charge in [0.1, 0.15) is 12.4 Å². The molecule has 0 bridgehead atoms. The predicted molar refractivity (Wildman–Crippen MR) is 139 cm³/mol. The Hall–Kier alpha value is -4.18. The largest absolute Gasteiger partial charge is 0.462 e. The fraction of sp³-hybridized carbons (Fsp3) is 0.185. The van der Waals surface area contributed by atoms with Gasteiger partial charge in [-0.15, -0.1) is 0 Å². The number of carbonyl (C=O) groups excluding carboxylic acids is 4. The van der Waals surface area contributed by atoms with Gasteiger partial charge in [0.25, 0.3) is 11.1 Å². The maximum absolute atomic E-state index is 13.4. The summed E-state index contributed by atoms with van der Waals surface area (Å²) in [5, 5.41) is 1.92. The number of nitrogens with one attached hydrogen (secondary N) is 1. The number of ether oxygens (including phenoxy) is 1. The van der Waals surface area contributed by atoms with E-state index in [-0.39, 0.29) is 10.6 Å². The lowest BCUT2D eigenvalue weighted by Gasteiger charge is -2.12. The number of benzene rings is 2. The van der Waals surface area contributed by atoms with Crippen LogP contribution in [-0.2, 0) is 14.3 Å². The molecule has 1 aromatic heterocycles. The first-order valence-corrected chi connectivity index (χ1v) is 12.3. The van der Waals surface area contributed by atoms with Crippen molar-refractivity contribution >= 4 is 46.5 Å². The number of aryl methyl sites for hydroxylation is 1. The quantitative estimate of drug-likeness (QED) is 0.344. The fourth-order valence-corrected chi connectivity index (χ4v) is 4.81. The van der Waals surface area contributed by atoms with Crippen LogP contribution in [0.1, 0.15) is 34.2 Å². The van der Waals surface area contributed by atoms with Crippen LogP contribution in [0.4, 0.5) is 14.9 Å². The average Bonchev–Trinajstić information content (AvgIpc) is 3.28. The van der Waals surface area contributed by atoms with Gasteiger partial charge in [-0.2, -0.15) is 0 Å². The summed E-state index contributed by atoms with van der Waals surface area (Å²) in [6, 6.07) is 14.2. The number of thioether (sulfide) groups is 1. The van der Waals surface area contributed by atoms with Gasteiger partial charge in [0.05, 0.1) is 17.1 Å². The highest BCUT2D eigenvalue weighted by Crippen LogP contribution is 2.33. The lowest BCUT2D eigenvalue weighted by molar-refractivity contribution is -0.127. The van der Waals surface area contributed by atoms with Crippen LogP contribution in [0.15, 0.2) is 59.5 Å². The van der Waals surface area contributed by atoms with Gasteiger partial charge in [-0.25, -0.2) is 9.18 Å². The van der Waals surface area contributed by atoms with Gasteiger partial charge in [-0.05, 0) is 92.7 Å². The van der Waals surface area contributed by atoms with Crippen molar-refractivity contribution in [3.8, 4) is 5.69 Å². The van der Waals surface area contributed by atoms with E-state index in [1.165, 1.54) is 18.2 Å². The van der Waals surface area contributed by atoms with E-state index in [2.05, 4.69) is 5.32 Å². The molecule has 0 aliphatic carbocycles. The van der Waals surface area contributed by atoms with E-state index < -0.39 is 35.4 Å². The maximum Gasteiger partial charge on any atom is 0.338 e. The molecule has 1 N–H and O–H groups in total. The number of carbonyl (C=O) groups is 4. The monoisotopic (exact) mass is 521 g/mol. The second-order valence-corrected chi connectivity index (χ2v) is 9.25. The summed E-state index contributed by atoms with van der Waals surface area (Å²) in [5.41, 5.74) is 3.96. The van der Waals surface area contributed by atoms with E-state index in [4.69, 9.17) is 4.74 Å². The molecule has 2 aromatic carbocycles. The first-order chi connectivity index (χ1) is 17.7. The Bertz CT molecular complexity index is 1430. The molecule has 4 rings (SSSR count). The number of esters is 1. The Morgan fingerprint density at radius 2 is 1.81 bits per heavy atom. The summed E-state index contributed by atoms with van der Waals surface area (Å²) in [4.78, 5) is 50.7. The van der Waals surface area contributed by atoms with Crippen molar-refractivity contribution in [1.82, 2.24) is 9.47 Å². The molecule has 0 saturated carbocycles. The maximum atomic E-state index is 13.4. The highest BCUT2D eigenvalue weighted by Gasteiger charge is 2.36. The van der Waals surface area contributed by atoms with E-state index in [1.807, 2.05) is 24.5 Å². The number of nitrogens with zero attached hydrogens (tertiary/aromatic N) is 2. The van der Waals surface area contributed by atoms with E-state index in [9.17, 15) is 23.6 Å². The third kappa shape index (κ3) is 5.64. The molecule has 3 aromatic rings. The molecule has 0 radical (unpaired) electrons. The molecular weight excluding hydrogens is 497 g/mol. The number of aromatic nitrogens is 1. The number of rotatable bonds is 7. The van der Waals surface area contributed by atoms with Crippen molar-refractivity contribution in [1.29, 1.82) is 0 Å². The second-order valence-electron chi connectivity index (χ2n) is 8.26. The fourth-order valence-electron chi connectivity index (χ4n) is 3.98. The molecule has 1 aliphatic rings. The average molecular weight is 522 g/mol. The van der Waals surface area contributed by atoms with E-state index in [1.54, 1.807) is 37.3 Å². The van der Waals surface area contributed by atoms with E-state index >= 15 is 0 Å². The van der Waals surface area contributed by atoms with Crippen LogP contribution in [0.5, 0.6) is 0 Å². The zero-order chi connectivity index (χ0) is 26.7. The number of amides is 3. The van der Waals surface area contributed by atoms with Gasteiger partial charge >= 0.3 is 5.97 Å². The summed E-state index contributed by atoms with van der Waals surface area (Å²) in [6.07, 6.45) is 1.63. The molecule has 0 atom stereocenters. The summed E-state index contributed by atoms with van der Waals surface area (Å²) < 4.78 is 20.3. The highest BCUT2D eigenvalue weighted by molar-refractivity contribution is 8.18. The van der Waals surface area contributed by atoms with Crippen LogP contribution in [0.3, 0.4) is 0 Å². The number of hydrogen-bond acceptors (Lipinski definition) is 6. The Kier molecular flexibility index (Phi) is 7.58. The lowest BCUT2D eigenvalue weighted by Crippen LogP contribution is -2.36. The molecule has 0 spiro atoms. The molecule has 8 nitrogen and oxygen atoms in total. The Morgan fingerprint density at radius 1 is 1.08 bits per heavy atom. The van der Waals surface area contributed by atoms with E-state index in [0.29, 0.717) is 12.2 Å². The Labute approximate surface area is 217 Å². The normalized spacial score (nSPS) is 14.4. The van der Waals surface area contributed by atoms with Crippen LogP contribution in [0.25, 0.3) is 11.8 Å². The van der Waals surface area contributed by atoms with Crippen LogP contribution in [0, 0.1) is 19.7 Å². The van der Waals surface area contributed by atoms with E-state index in [0.717, 1.165) is 45.4 Å². The minimum absolute atomic E-state index is 0.196. The molecule has 37 heavy (non-hydrogen) atoms. The standard InChI is InChI=1S/C27H24FN3O5S/c1-4-36-26(34)18-8-10-22(11-9-18)31-16(2)12-19(17(31)3)13-23-25(33)30(27(35)37-23)15-24(32)29-21-7-5-6-20(28)14-21/h5-14H,4,15H2,1-3H3,(H,29,32)/b23-13+. The van der Waals surface area contributed by atoms with Gasteiger partial charge in [0.2, 0.25) is 5.91 Å². The van der Waals surface area contributed by atoms with Gasteiger partial charge < -0.3 is 14.6 Å². The molecule has 0 unspecified atom stereocenters. The molecule has 2 heterocycles. The third-order valence-electron chi connectivity index (χ3n) is 5.68. The molecule has 190 valence electrons. The molecule has 1 fully saturated rings. The minimum Gasteiger partial charge on any atom is -0.462 e. The zero-order valence-electron chi connectivity index (χ0n) is 20.4. The van der Waals surface area contributed by atoms with Gasteiger partial charge in [-0.1, -0.05) is 6.07 Å². The van der Waals surface area contributed by atoms with Crippen LogP contribution in [0.2, 0.25) is 0 Å². The summed E-state index contributed by atoms with van der Waals surface area (Å²) >= 11 is 0.755. The van der Waals surface area contributed by atoms with Crippen molar-refractivity contribution in [2.75, 3.05) is 18.5 Å².